The third-order valence-corrected chi connectivity index (χ3v) is 4.06. The normalized spacial score (nSPS) is 20.8. The Hall–Kier alpha value is -0.770. The van der Waals surface area contributed by atoms with Crippen LogP contribution in [0.25, 0.3) is 0 Å². The fourth-order valence-electron chi connectivity index (χ4n) is 2.62. The number of halogens is 1. The SMILES string of the molecule is CN(Cc1ccc(N)cc1Cl)CC1CCCN1C. The molecule has 1 aliphatic rings. The van der Waals surface area contributed by atoms with E-state index in [0.29, 0.717) is 6.04 Å². The van der Waals surface area contributed by atoms with Crippen LogP contribution in [0, 0.1) is 0 Å². The molecule has 1 aromatic rings. The van der Waals surface area contributed by atoms with E-state index in [2.05, 4.69) is 23.9 Å². The van der Waals surface area contributed by atoms with Crippen LogP contribution in [-0.4, -0.2) is 43.0 Å². The van der Waals surface area contributed by atoms with Crippen molar-refractivity contribution in [2.24, 2.45) is 0 Å². The molecule has 3 nitrogen and oxygen atoms in total. The summed E-state index contributed by atoms with van der Waals surface area (Å²) in [6, 6.07) is 6.44. The minimum Gasteiger partial charge on any atom is -0.399 e. The molecule has 1 aromatic carbocycles. The first-order valence-corrected chi connectivity index (χ1v) is 6.87. The molecule has 0 spiro atoms. The van der Waals surface area contributed by atoms with E-state index in [0.717, 1.165) is 29.4 Å². The summed E-state index contributed by atoms with van der Waals surface area (Å²) in [5.41, 5.74) is 7.58. The number of nitrogens with two attached hydrogens (primary N) is 1. The monoisotopic (exact) mass is 267 g/mol. The van der Waals surface area contributed by atoms with Gasteiger partial charge in [-0.2, -0.15) is 0 Å². The highest BCUT2D eigenvalue weighted by atomic mass is 35.5. The molecule has 2 rings (SSSR count). The number of likely N-dealkylation sites (N-methyl/N-ethyl adjacent to an activating group) is 2. The maximum atomic E-state index is 6.20. The van der Waals surface area contributed by atoms with Gasteiger partial charge in [-0.25, -0.2) is 0 Å². The van der Waals surface area contributed by atoms with E-state index in [9.17, 15) is 0 Å². The Bertz CT molecular complexity index is 408. The zero-order chi connectivity index (χ0) is 13.1. The van der Waals surface area contributed by atoms with Gasteiger partial charge in [0.15, 0.2) is 0 Å². The van der Waals surface area contributed by atoms with Crippen LogP contribution in [0.4, 0.5) is 5.69 Å². The fraction of sp³-hybridized carbons (Fsp3) is 0.571. The first-order valence-electron chi connectivity index (χ1n) is 6.49. The number of benzene rings is 1. The summed E-state index contributed by atoms with van der Waals surface area (Å²) in [4.78, 5) is 4.78. The predicted molar refractivity (Wildman–Crippen MR) is 77.9 cm³/mol. The minimum atomic E-state index is 0.683. The van der Waals surface area contributed by atoms with Crippen LogP contribution in [0.15, 0.2) is 18.2 Å². The number of nitrogens with zero attached hydrogens (tertiary/aromatic N) is 2. The molecule has 18 heavy (non-hydrogen) atoms. The van der Waals surface area contributed by atoms with Gasteiger partial charge in [0.05, 0.1) is 0 Å². The molecule has 0 aromatic heterocycles. The molecule has 1 saturated heterocycles. The highest BCUT2D eigenvalue weighted by molar-refractivity contribution is 6.31. The average Bonchev–Trinajstić information content (AvgIpc) is 2.69. The van der Waals surface area contributed by atoms with E-state index in [1.807, 2.05) is 18.2 Å². The Balaban J connectivity index is 1.92. The van der Waals surface area contributed by atoms with E-state index in [1.54, 1.807) is 0 Å². The number of rotatable bonds is 4. The second-order valence-electron chi connectivity index (χ2n) is 5.32. The Morgan fingerprint density at radius 2 is 2.28 bits per heavy atom. The van der Waals surface area contributed by atoms with Gasteiger partial charge >= 0.3 is 0 Å². The van der Waals surface area contributed by atoms with Crippen LogP contribution in [0.5, 0.6) is 0 Å². The Morgan fingerprint density at radius 1 is 1.50 bits per heavy atom. The van der Waals surface area contributed by atoms with Crippen molar-refractivity contribution in [2.75, 3.05) is 32.9 Å². The van der Waals surface area contributed by atoms with E-state index < -0.39 is 0 Å². The summed E-state index contributed by atoms with van der Waals surface area (Å²) in [7, 11) is 4.36. The van der Waals surface area contributed by atoms with Crippen molar-refractivity contribution in [3.8, 4) is 0 Å². The maximum absolute atomic E-state index is 6.20. The molecule has 1 fully saturated rings. The smallest absolute Gasteiger partial charge is 0.0471 e. The Labute approximate surface area is 115 Å². The lowest BCUT2D eigenvalue weighted by Crippen LogP contribution is -2.36. The molecular weight excluding hydrogens is 246 g/mol. The molecule has 1 heterocycles. The summed E-state index contributed by atoms with van der Waals surface area (Å²) in [6.45, 7) is 3.20. The number of anilines is 1. The highest BCUT2D eigenvalue weighted by Crippen LogP contribution is 2.21. The largest absolute Gasteiger partial charge is 0.399 e. The van der Waals surface area contributed by atoms with Crippen molar-refractivity contribution in [1.82, 2.24) is 9.80 Å². The van der Waals surface area contributed by atoms with Gasteiger partial charge in [-0.3, -0.25) is 0 Å². The third kappa shape index (κ3) is 3.37. The number of nitrogen functional groups attached to an aromatic ring is 1. The Kier molecular flexibility index (Phi) is 4.49. The van der Waals surface area contributed by atoms with Crippen LogP contribution in [-0.2, 0) is 6.54 Å². The maximum Gasteiger partial charge on any atom is 0.0471 e. The lowest BCUT2D eigenvalue weighted by atomic mass is 10.1. The molecule has 0 radical (unpaired) electrons. The van der Waals surface area contributed by atoms with Crippen LogP contribution in [0.3, 0.4) is 0 Å². The van der Waals surface area contributed by atoms with Gasteiger partial charge in [-0.05, 0) is 51.2 Å². The first kappa shape index (κ1) is 13.7. The minimum absolute atomic E-state index is 0.683. The summed E-state index contributed by atoms with van der Waals surface area (Å²) in [5, 5.41) is 0.765. The van der Waals surface area contributed by atoms with Gasteiger partial charge in [-0.1, -0.05) is 17.7 Å². The lowest BCUT2D eigenvalue weighted by molar-refractivity contribution is 0.215. The molecule has 100 valence electrons. The van der Waals surface area contributed by atoms with Crippen LogP contribution < -0.4 is 5.73 Å². The van der Waals surface area contributed by atoms with E-state index in [4.69, 9.17) is 17.3 Å². The van der Waals surface area contributed by atoms with Crippen LogP contribution in [0.1, 0.15) is 18.4 Å². The van der Waals surface area contributed by atoms with Crippen molar-refractivity contribution < 1.29 is 0 Å². The van der Waals surface area contributed by atoms with Crippen molar-refractivity contribution in [2.45, 2.75) is 25.4 Å². The number of likely N-dealkylation sites (tertiary alicyclic amines) is 1. The summed E-state index contributed by atoms with van der Waals surface area (Å²) in [5.74, 6) is 0. The van der Waals surface area contributed by atoms with Gasteiger partial charge in [0, 0.05) is 29.8 Å². The van der Waals surface area contributed by atoms with Crippen molar-refractivity contribution in [3.05, 3.63) is 28.8 Å². The zero-order valence-corrected chi connectivity index (χ0v) is 12.0. The standard InChI is InChI=1S/C14H22ClN3/c1-17(10-13-4-3-7-18(13)2)9-11-5-6-12(16)8-14(11)15/h5-6,8,13H,3-4,7,9-10,16H2,1-2H3. The second-order valence-corrected chi connectivity index (χ2v) is 5.73. The van der Waals surface area contributed by atoms with E-state index >= 15 is 0 Å². The second kappa shape index (κ2) is 5.91. The van der Waals surface area contributed by atoms with Crippen molar-refractivity contribution in [3.63, 3.8) is 0 Å². The van der Waals surface area contributed by atoms with E-state index in [-0.39, 0.29) is 0 Å². The molecule has 1 unspecified atom stereocenters. The molecule has 0 saturated carbocycles. The van der Waals surface area contributed by atoms with Crippen molar-refractivity contribution in [1.29, 1.82) is 0 Å². The van der Waals surface area contributed by atoms with Crippen molar-refractivity contribution >= 4 is 17.3 Å². The molecule has 2 N–H and O–H groups in total. The fourth-order valence-corrected chi connectivity index (χ4v) is 2.87. The lowest BCUT2D eigenvalue weighted by Gasteiger charge is -2.26. The Morgan fingerprint density at radius 3 is 2.89 bits per heavy atom. The van der Waals surface area contributed by atoms with Gasteiger partial charge in [0.2, 0.25) is 0 Å². The molecule has 0 bridgehead atoms. The van der Waals surface area contributed by atoms with E-state index in [1.165, 1.54) is 19.4 Å². The van der Waals surface area contributed by atoms with Gasteiger partial charge in [0.25, 0.3) is 0 Å². The molecule has 1 atom stereocenters. The highest BCUT2D eigenvalue weighted by Gasteiger charge is 2.22. The molecule has 0 amide bonds. The quantitative estimate of drug-likeness (QED) is 0.851. The topological polar surface area (TPSA) is 32.5 Å². The average molecular weight is 268 g/mol. The van der Waals surface area contributed by atoms with Gasteiger partial charge < -0.3 is 15.5 Å². The molecule has 1 aliphatic heterocycles. The van der Waals surface area contributed by atoms with Gasteiger partial charge in [-0.15, -0.1) is 0 Å². The number of hydrogen-bond acceptors (Lipinski definition) is 3. The molecule has 0 aliphatic carbocycles. The predicted octanol–water partition coefficient (Wildman–Crippen LogP) is 2.45. The number of hydrogen-bond donors (Lipinski definition) is 1. The summed E-state index contributed by atoms with van der Waals surface area (Å²) in [6.07, 6.45) is 2.62. The zero-order valence-electron chi connectivity index (χ0n) is 11.2. The first-order chi connectivity index (χ1) is 8.56. The van der Waals surface area contributed by atoms with Crippen LogP contribution in [0.2, 0.25) is 5.02 Å². The molecule has 4 heteroatoms. The summed E-state index contributed by atoms with van der Waals surface area (Å²) >= 11 is 6.20. The van der Waals surface area contributed by atoms with Gasteiger partial charge in [0.1, 0.15) is 0 Å². The molecular formula is C14H22ClN3. The third-order valence-electron chi connectivity index (χ3n) is 3.71. The van der Waals surface area contributed by atoms with Crippen LogP contribution >= 0.6 is 11.6 Å². The summed E-state index contributed by atoms with van der Waals surface area (Å²) < 4.78 is 0.